The van der Waals surface area contributed by atoms with Gasteiger partial charge in [-0.25, -0.2) is 4.98 Å². The lowest BCUT2D eigenvalue weighted by molar-refractivity contribution is -0.137. The fourth-order valence-corrected chi connectivity index (χ4v) is 4.96. The van der Waals surface area contributed by atoms with Gasteiger partial charge in [0.1, 0.15) is 5.69 Å². The van der Waals surface area contributed by atoms with Crippen molar-refractivity contribution in [2.45, 2.75) is 50.9 Å². The Morgan fingerprint density at radius 1 is 1.12 bits per heavy atom. The van der Waals surface area contributed by atoms with Crippen LogP contribution in [-0.4, -0.2) is 47.9 Å². The Labute approximate surface area is 182 Å². The van der Waals surface area contributed by atoms with Crippen LogP contribution >= 0.6 is 0 Å². The summed E-state index contributed by atoms with van der Waals surface area (Å²) in [6, 6.07) is 6.21. The van der Waals surface area contributed by atoms with Gasteiger partial charge in [-0.2, -0.15) is 23.4 Å². The number of hydrogen-bond donors (Lipinski definition) is 0. The van der Waals surface area contributed by atoms with E-state index < -0.39 is 11.7 Å². The Balaban J connectivity index is 1.38. The molecule has 0 saturated carbocycles. The van der Waals surface area contributed by atoms with Crippen molar-refractivity contribution in [1.29, 1.82) is 0 Å². The average molecular weight is 442 g/mol. The molecule has 7 nitrogen and oxygen atoms in total. The van der Waals surface area contributed by atoms with Crippen LogP contribution in [0.15, 0.2) is 42.9 Å². The second kappa shape index (κ2) is 7.68. The van der Waals surface area contributed by atoms with Gasteiger partial charge in [-0.15, -0.1) is 4.80 Å². The zero-order valence-electron chi connectivity index (χ0n) is 17.3. The van der Waals surface area contributed by atoms with E-state index in [1.807, 2.05) is 17.9 Å². The quantitative estimate of drug-likeness (QED) is 0.617. The van der Waals surface area contributed by atoms with Crippen LogP contribution in [0.1, 0.15) is 46.7 Å². The highest BCUT2D eigenvalue weighted by Gasteiger charge is 2.49. The summed E-state index contributed by atoms with van der Waals surface area (Å²) in [6.07, 6.45) is 2.69. The molecule has 2 fully saturated rings. The van der Waals surface area contributed by atoms with Crippen molar-refractivity contribution in [3.05, 3.63) is 65.5 Å². The zero-order chi connectivity index (χ0) is 22.5. The van der Waals surface area contributed by atoms with Crippen LogP contribution in [0.2, 0.25) is 0 Å². The van der Waals surface area contributed by atoms with Gasteiger partial charge in [-0.1, -0.05) is 0 Å². The number of aromatic nitrogens is 5. The Kier molecular flexibility index (Phi) is 4.94. The number of carbonyl (C=O) groups is 1. The molecule has 0 radical (unpaired) electrons. The van der Waals surface area contributed by atoms with Gasteiger partial charge in [0, 0.05) is 29.7 Å². The topological polar surface area (TPSA) is 76.8 Å². The number of pyridine rings is 2. The van der Waals surface area contributed by atoms with Crippen molar-refractivity contribution in [2.75, 3.05) is 0 Å². The predicted octanol–water partition coefficient (Wildman–Crippen LogP) is 3.62. The van der Waals surface area contributed by atoms with Crippen LogP contribution in [0, 0.1) is 12.8 Å². The van der Waals surface area contributed by atoms with Crippen molar-refractivity contribution < 1.29 is 18.0 Å². The summed E-state index contributed by atoms with van der Waals surface area (Å²) in [4.78, 5) is 25.4. The van der Waals surface area contributed by atoms with Crippen LogP contribution < -0.4 is 0 Å². The molecule has 3 aromatic heterocycles. The number of carbonyl (C=O) groups excluding carboxylic acids is 1. The first-order valence-electron chi connectivity index (χ1n) is 10.5. The van der Waals surface area contributed by atoms with Crippen LogP contribution in [0.3, 0.4) is 0 Å². The van der Waals surface area contributed by atoms with Gasteiger partial charge in [0.15, 0.2) is 5.69 Å². The van der Waals surface area contributed by atoms with Gasteiger partial charge in [-0.05, 0) is 62.8 Å². The summed E-state index contributed by atoms with van der Waals surface area (Å²) in [5, 5.41) is 8.28. The number of hydrogen-bond acceptors (Lipinski definition) is 5. The molecule has 166 valence electrons. The minimum absolute atomic E-state index is 0.0114. The van der Waals surface area contributed by atoms with Crippen LogP contribution in [0.25, 0.3) is 5.69 Å². The molecule has 5 rings (SSSR count). The summed E-state index contributed by atoms with van der Waals surface area (Å²) in [6.45, 7) is 1.83. The largest absolute Gasteiger partial charge is 0.417 e. The molecule has 5 heterocycles. The maximum atomic E-state index is 13.6. The molecule has 3 unspecified atom stereocenters. The molecule has 2 saturated heterocycles. The minimum Gasteiger partial charge on any atom is -0.331 e. The molecular formula is C22H21F3N6O. The van der Waals surface area contributed by atoms with E-state index in [2.05, 4.69) is 20.2 Å². The molecule has 0 aliphatic carbocycles. The number of alkyl halides is 3. The third-order valence-electron chi connectivity index (χ3n) is 6.37. The van der Waals surface area contributed by atoms with Gasteiger partial charge < -0.3 is 4.90 Å². The fourth-order valence-electron chi connectivity index (χ4n) is 4.96. The summed E-state index contributed by atoms with van der Waals surface area (Å²) in [5.74, 6) is -0.00518. The monoisotopic (exact) mass is 442 g/mol. The zero-order valence-corrected chi connectivity index (χ0v) is 17.3. The lowest BCUT2D eigenvalue weighted by atomic mass is 9.86. The first-order valence-corrected chi connectivity index (χ1v) is 10.5. The SMILES string of the molecule is Cc1ccc(-n2nccn2)c(C(=O)N2C3CCC2C(Cc2ccc(C(F)(F)F)cn2)C3)n1. The third-order valence-corrected chi connectivity index (χ3v) is 6.37. The molecule has 3 atom stereocenters. The van der Waals surface area contributed by atoms with Crippen molar-refractivity contribution in [1.82, 2.24) is 29.9 Å². The molecule has 2 aliphatic heterocycles. The molecule has 3 aromatic rings. The van der Waals surface area contributed by atoms with E-state index >= 15 is 0 Å². The van der Waals surface area contributed by atoms with E-state index in [9.17, 15) is 18.0 Å². The summed E-state index contributed by atoms with van der Waals surface area (Å²) in [5.41, 5.74) is 1.42. The van der Waals surface area contributed by atoms with Gasteiger partial charge in [-0.3, -0.25) is 9.78 Å². The maximum Gasteiger partial charge on any atom is 0.417 e. The molecule has 0 aromatic carbocycles. The van der Waals surface area contributed by atoms with E-state index in [1.54, 1.807) is 18.5 Å². The molecule has 2 aliphatic rings. The van der Waals surface area contributed by atoms with Gasteiger partial charge in [0.05, 0.1) is 18.0 Å². The van der Waals surface area contributed by atoms with E-state index in [4.69, 9.17) is 0 Å². The third kappa shape index (κ3) is 3.63. The van der Waals surface area contributed by atoms with Gasteiger partial charge in [0.2, 0.25) is 0 Å². The normalized spacial score (nSPS) is 22.5. The average Bonchev–Trinajstić information content (AvgIpc) is 3.49. The fraction of sp³-hybridized carbons (Fsp3) is 0.409. The van der Waals surface area contributed by atoms with Crippen LogP contribution in [-0.2, 0) is 12.6 Å². The second-order valence-corrected chi connectivity index (χ2v) is 8.39. The van der Waals surface area contributed by atoms with Crippen molar-refractivity contribution in [2.24, 2.45) is 5.92 Å². The first-order chi connectivity index (χ1) is 15.3. The standard InChI is InChI=1S/C22H21F3N6O/c1-13-2-6-19(31-27-8-9-28-31)20(29-13)21(32)30-17-5-7-18(30)14(11-17)10-16-4-3-15(12-26-16)22(23,24)25/h2-4,6,8-9,12,14,17-18H,5,7,10-11H2,1H3. The van der Waals surface area contributed by atoms with E-state index in [-0.39, 0.29) is 23.9 Å². The van der Waals surface area contributed by atoms with Crippen LogP contribution in [0.5, 0.6) is 0 Å². The number of rotatable bonds is 4. The number of aryl methyl sites for hydroxylation is 1. The highest BCUT2D eigenvalue weighted by atomic mass is 19.4. The van der Waals surface area contributed by atoms with Crippen molar-refractivity contribution >= 4 is 5.91 Å². The Morgan fingerprint density at radius 2 is 1.91 bits per heavy atom. The molecule has 1 amide bonds. The first kappa shape index (κ1) is 20.6. The minimum atomic E-state index is -4.40. The van der Waals surface area contributed by atoms with E-state index in [0.717, 1.165) is 37.2 Å². The predicted molar refractivity (Wildman–Crippen MR) is 108 cm³/mol. The highest BCUT2D eigenvalue weighted by molar-refractivity contribution is 5.96. The summed E-state index contributed by atoms with van der Waals surface area (Å²) < 4.78 is 38.4. The Bertz CT molecular complexity index is 1130. The number of halogens is 3. The maximum absolute atomic E-state index is 13.6. The molecule has 32 heavy (non-hydrogen) atoms. The smallest absolute Gasteiger partial charge is 0.331 e. The number of fused-ring (bicyclic) bond motifs is 2. The molecule has 0 N–H and O–H groups in total. The van der Waals surface area contributed by atoms with Crippen LogP contribution in [0.4, 0.5) is 13.2 Å². The lowest BCUT2D eigenvalue weighted by Crippen LogP contribution is -2.38. The number of nitrogens with zero attached hydrogens (tertiary/aromatic N) is 6. The number of amides is 1. The van der Waals surface area contributed by atoms with E-state index in [0.29, 0.717) is 23.5 Å². The van der Waals surface area contributed by atoms with Crippen molar-refractivity contribution in [3.63, 3.8) is 0 Å². The Hall–Kier alpha value is -3.30. The van der Waals surface area contributed by atoms with Crippen molar-refractivity contribution in [3.8, 4) is 5.69 Å². The molecule has 2 bridgehead atoms. The highest BCUT2D eigenvalue weighted by Crippen LogP contribution is 2.44. The summed E-state index contributed by atoms with van der Waals surface area (Å²) >= 11 is 0. The summed E-state index contributed by atoms with van der Waals surface area (Å²) in [7, 11) is 0. The van der Waals surface area contributed by atoms with E-state index in [1.165, 1.54) is 10.9 Å². The van der Waals surface area contributed by atoms with Gasteiger partial charge >= 0.3 is 6.18 Å². The molecule has 0 spiro atoms. The Morgan fingerprint density at radius 3 is 2.59 bits per heavy atom. The molecular weight excluding hydrogens is 421 g/mol. The second-order valence-electron chi connectivity index (χ2n) is 8.39. The lowest BCUT2D eigenvalue weighted by Gasteiger charge is -2.25. The van der Waals surface area contributed by atoms with Gasteiger partial charge in [0.25, 0.3) is 5.91 Å². The molecule has 10 heteroatoms.